The van der Waals surface area contributed by atoms with Crippen molar-refractivity contribution < 1.29 is 14.3 Å². The van der Waals surface area contributed by atoms with Crippen LogP contribution in [0.3, 0.4) is 0 Å². The first-order valence-corrected chi connectivity index (χ1v) is 4.07. The number of carbonyl (C=O) groups is 1. The molecule has 1 fully saturated rings. The molecular weight excluding hydrogens is 160 g/mol. The van der Waals surface area contributed by atoms with E-state index in [1.165, 1.54) is 0 Å². The molecule has 5 heteroatoms. The fourth-order valence-electron chi connectivity index (χ4n) is 1.08. The maximum Gasteiger partial charge on any atom is 0.516 e. The second kappa shape index (κ2) is 3.73. The van der Waals surface area contributed by atoms with Crippen LogP contribution in [0.25, 0.3) is 0 Å². The van der Waals surface area contributed by atoms with Crippen LogP contribution in [0.5, 0.6) is 0 Å². The Morgan fingerprint density at radius 1 is 1.25 bits per heavy atom. The topological polar surface area (TPSA) is 87.6 Å². The SMILES string of the molecule is NCCCCCC1(N)OC(=O)O1. The van der Waals surface area contributed by atoms with Crippen LogP contribution in [0.15, 0.2) is 0 Å². The molecule has 0 aliphatic carbocycles. The second-order valence-corrected chi connectivity index (χ2v) is 2.87. The van der Waals surface area contributed by atoms with Gasteiger partial charge in [-0.25, -0.2) is 4.79 Å². The number of nitrogens with two attached hydrogens (primary N) is 2. The summed E-state index contributed by atoms with van der Waals surface area (Å²) in [5.74, 6) is -1.15. The molecule has 0 aromatic heterocycles. The Hall–Kier alpha value is -0.810. The molecule has 4 N–H and O–H groups in total. The van der Waals surface area contributed by atoms with Crippen LogP contribution in [0.2, 0.25) is 0 Å². The molecule has 0 radical (unpaired) electrons. The number of hydrogen-bond acceptors (Lipinski definition) is 5. The van der Waals surface area contributed by atoms with Gasteiger partial charge in [0.15, 0.2) is 0 Å². The maximum atomic E-state index is 10.3. The first-order valence-electron chi connectivity index (χ1n) is 4.07. The van der Waals surface area contributed by atoms with Gasteiger partial charge in [-0.05, 0) is 19.4 Å². The minimum atomic E-state index is -1.15. The van der Waals surface area contributed by atoms with E-state index < -0.39 is 12.1 Å². The monoisotopic (exact) mass is 174 g/mol. The van der Waals surface area contributed by atoms with Crippen LogP contribution >= 0.6 is 0 Å². The van der Waals surface area contributed by atoms with E-state index in [2.05, 4.69) is 9.47 Å². The van der Waals surface area contributed by atoms with E-state index in [0.29, 0.717) is 13.0 Å². The van der Waals surface area contributed by atoms with Crippen LogP contribution in [0.1, 0.15) is 25.7 Å². The van der Waals surface area contributed by atoms with Gasteiger partial charge in [0.2, 0.25) is 0 Å². The molecule has 0 spiro atoms. The lowest BCUT2D eigenvalue weighted by Crippen LogP contribution is -2.57. The summed E-state index contributed by atoms with van der Waals surface area (Å²) in [5.41, 5.74) is 10.8. The summed E-state index contributed by atoms with van der Waals surface area (Å²) in [6.07, 6.45) is 2.66. The molecule has 1 saturated heterocycles. The molecule has 0 bridgehead atoms. The molecule has 1 rings (SSSR count). The van der Waals surface area contributed by atoms with Crippen molar-refractivity contribution in [2.45, 2.75) is 31.6 Å². The quantitative estimate of drug-likeness (QED) is 0.462. The van der Waals surface area contributed by atoms with Crippen molar-refractivity contribution in [1.82, 2.24) is 0 Å². The molecule has 0 aromatic carbocycles. The second-order valence-electron chi connectivity index (χ2n) is 2.87. The lowest BCUT2D eigenvalue weighted by molar-refractivity contribution is -0.271. The molecule has 0 saturated carbocycles. The highest BCUT2D eigenvalue weighted by Crippen LogP contribution is 2.24. The maximum absolute atomic E-state index is 10.3. The number of ether oxygens (including phenoxy) is 2. The summed E-state index contributed by atoms with van der Waals surface area (Å²) in [4.78, 5) is 10.3. The first-order chi connectivity index (χ1) is 5.66. The molecule has 5 nitrogen and oxygen atoms in total. The van der Waals surface area contributed by atoms with E-state index in [0.717, 1.165) is 19.3 Å². The highest BCUT2D eigenvalue weighted by Gasteiger charge is 2.44. The summed E-state index contributed by atoms with van der Waals surface area (Å²) in [6, 6.07) is 0. The minimum absolute atomic E-state index is 0.540. The molecule has 12 heavy (non-hydrogen) atoms. The van der Waals surface area contributed by atoms with Crippen LogP contribution in [-0.2, 0) is 9.47 Å². The summed E-state index contributed by atoms with van der Waals surface area (Å²) < 4.78 is 9.18. The van der Waals surface area contributed by atoms with Crippen molar-refractivity contribution in [3.8, 4) is 0 Å². The average molecular weight is 174 g/mol. The van der Waals surface area contributed by atoms with Gasteiger partial charge in [0, 0.05) is 6.42 Å². The first kappa shape index (κ1) is 9.28. The molecule has 0 amide bonds. The third kappa shape index (κ3) is 2.35. The zero-order valence-corrected chi connectivity index (χ0v) is 6.91. The molecule has 1 heterocycles. The van der Waals surface area contributed by atoms with Gasteiger partial charge in [-0.1, -0.05) is 6.42 Å². The zero-order chi connectivity index (χ0) is 9.03. The van der Waals surface area contributed by atoms with Gasteiger partial charge in [-0.15, -0.1) is 0 Å². The van der Waals surface area contributed by atoms with Gasteiger partial charge in [0.1, 0.15) is 0 Å². The molecule has 1 aliphatic rings. The van der Waals surface area contributed by atoms with Gasteiger partial charge < -0.3 is 15.2 Å². The smallest absolute Gasteiger partial charge is 0.376 e. The normalized spacial score (nSPS) is 19.3. The van der Waals surface area contributed by atoms with Crippen molar-refractivity contribution in [1.29, 1.82) is 0 Å². The molecule has 1 aliphatic heterocycles. The Balaban J connectivity index is 2.03. The van der Waals surface area contributed by atoms with Crippen molar-refractivity contribution in [2.75, 3.05) is 6.54 Å². The molecule has 0 atom stereocenters. The summed E-state index contributed by atoms with van der Waals surface area (Å²) in [6.45, 7) is 0.679. The number of rotatable bonds is 5. The van der Waals surface area contributed by atoms with E-state index in [1.807, 2.05) is 0 Å². The average Bonchev–Trinajstić information content (AvgIpc) is 1.96. The largest absolute Gasteiger partial charge is 0.516 e. The predicted molar refractivity (Wildman–Crippen MR) is 42.0 cm³/mol. The summed E-state index contributed by atoms with van der Waals surface area (Å²) in [5, 5.41) is 0. The van der Waals surface area contributed by atoms with Gasteiger partial charge >= 0.3 is 12.1 Å². The number of unbranched alkanes of at least 4 members (excludes halogenated alkanes) is 2. The van der Waals surface area contributed by atoms with Crippen molar-refractivity contribution in [3.05, 3.63) is 0 Å². The Bertz CT molecular complexity index is 164. The van der Waals surface area contributed by atoms with E-state index in [1.54, 1.807) is 0 Å². The lowest BCUT2D eigenvalue weighted by Gasteiger charge is -2.35. The Morgan fingerprint density at radius 2 is 1.92 bits per heavy atom. The van der Waals surface area contributed by atoms with Gasteiger partial charge in [-0.3, -0.25) is 5.73 Å². The number of carbonyl (C=O) groups excluding carboxylic acids is 1. The van der Waals surface area contributed by atoms with Crippen molar-refractivity contribution in [3.63, 3.8) is 0 Å². The lowest BCUT2D eigenvalue weighted by atomic mass is 10.1. The summed E-state index contributed by atoms with van der Waals surface area (Å²) >= 11 is 0. The standard InChI is InChI=1S/C7H14N2O3/c8-5-3-1-2-4-7(9)11-6(10)12-7/h1-5,8-9H2. The zero-order valence-electron chi connectivity index (χ0n) is 6.91. The predicted octanol–water partition coefficient (Wildman–Crippen LogP) is 0.285. The highest BCUT2D eigenvalue weighted by atomic mass is 16.9. The van der Waals surface area contributed by atoms with Crippen LogP contribution in [0.4, 0.5) is 4.79 Å². The minimum Gasteiger partial charge on any atom is -0.376 e. The van der Waals surface area contributed by atoms with Gasteiger partial charge in [0.05, 0.1) is 0 Å². The molecule has 70 valence electrons. The number of cyclic esters (lactones) is 2. The Morgan fingerprint density at radius 3 is 2.42 bits per heavy atom. The van der Waals surface area contributed by atoms with E-state index in [-0.39, 0.29) is 0 Å². The molecule has 0 unspecified atom stereocenters. The van der Waals surface area contributed by atoms with E-state index >= 15 is 0 Å². The van der Waals surface area contributed by atoms with Crippen LogP contribution in [0, 0.1) is 0 Å². The third-order valence-electron chi connectivity index (χ3n) is 1.74. The van der Waals surface area contributed by atoms with Crippen LogP contribution in [-0.4, -0.2) is 18.6 Å². The fourth-order valence-corrected chi connectivity index (χ4v) is 1.08. The summed E-state index contributed by atoms with van der Waals surface area (Å²) in [7, 11) is 0. The van der Waals surface area contributed by atoms with Crippen molar-refractivity contribution in [2.24, 2.45) is 11.5 Å². The number of hydrogen-bond donors (Lipinski definition) is 2. The fraction of sp³-hybridized carbons (Fsp3) is 0.857. The van der Waals surface area contributed by atoms with Gasteiger partial charge in [0.25, 0.3) is 0 Å². The Kier molecular flexibility index (Phi) is 2.88. The van der Waals surface area contributed by atoms with E-state index in [9.17, 15) is 4.79 Å². The van der Waals surface area contributed by atoms with Crippen molar-refractivity contribution >= 4 is 6.16 Å². The molecular formula is C7H14N2O3. The van der Waals surface area contributed by atoms with Gasteiger partial charge in [-0.2, -0.15) is 0 Å². The molecule has 0 aromatic rings. The van der Waals surface area contributed by atoms with E-state index in [4.69, 9.17) is 11.5 Å². The van der Waals surface area contributed by atoms with Crippen LogP contribution < -0.4 is 11.5 Å². The third-order valence-corrected chi connectivity index (χ3v) is 1.74. The highest BCUT2D eigenvalue weighted by molar-refractivity contribution is 5.65. The Labute approximate surface area is 71.0 Å².